The third kappa shape index (κ3) is 5.29. The molecule has 31 heavy (non-hydrogen) atoms. The molecule has 1 nitrogen and oxygen atoms in total. The number of rotatable bonds is 6. The van der Waals surface area contributed by atoms with E-state index in [4.69, 9.17) is 5.73 Å². The summed E-state index contributed by atoms with van der Waals surface area (Å²) in [5.41, 5.74) is 14.3. The molecule has 0 saturated heterocycles. The molecule has 0 amide bonds. The minimum atomic E-state index is -0.200. The van der Waals surface area contributed by atoms with Gasteiger partial charge >= 0.3 is 0 Å². The molecular weight excluding hydrogens is 442 g/mol. The summed E-state index contributed by atoms with van der Waals surface area (Å²) < 4.78 is 1.08. The molecule has 4 rings (SSSR count). The van der Waals surface area contributed by atoms with Crippen LogP contribution in [0.5, 0.6) is 0 Å². The largest absolute Gasteiger partial charge is 0.321 e. The summed E-state index contributed by atoms with van der Waals surface area (Å²) in [6.45, 7) is 4.15. The normalized spacial score (nSPS) is 12.1. The van der Waals surface area contributed by atoms with E-state index in [1.807, 2.05) is 36.4 Å². The average Bonchev–Trinajstić information content (AvgIpc) is 2.83. The summed E-state index contributed by atoms with van der Waals surface area (Å²) in [5, 5.41) is 0. The molecule has 0 saturated carbocycles. The molecular formula is C29H24BrN. The first-order valence-corrected chi connectivity index (χ1v) is 11.0. The molecule has 152 valence electrons. The molecule has 0 radical (unpaired) electrons. The van der Waals surface area contributed by atoms with Gasteiger partial charge in [-0.25, -0.2) is 0 Å². The summed E-state index contributed by atoms with van der Waals surface area (Å²) in [6, 6.07) is 35.3. The molecule has 0 aliphatic rings. The summed E-state index contributed by atoms with van der Waals surface area (Å²) >= 11 is 3.56. The van der Waals surface area contributed by atoms with E-state index in [1.165, 1.54) is 16.7 Å². The van der Waals surface area contributed by atoms with Gasteiger partial charge in [-0.05, 0) is 63.2 Å². The lowest BCUT2D eigenvalue weighted by molar-refractivity contribution is 0.912. The lowest BCUT2D eigenvalue weighted by Crippen LogP contribution is -2.06. The van der Waals surface area contributed by atoms with Gasteiger partial charge in [0.15, 0.2) is 0 Å². The van der Waals surface area contributed by atoms with Crippen molar-refractivity contribution in [3.63, 3.8) is 0 Å². The third-order valence-electron chi connectivity index (χ3n) is 5.27. The van der Waals surface area contributed by atoms with Crippen molar-refractivity contribution in [3.8, 4) is 22.3 Å². The zero-order chi connectivity index (χ0) is 21.6. The second kappa shape index (κ2) is 9.74. The smallest absolute Gasteiger partial charge is 0.0484 e. The van der Waals surface area contributed by atoms with Crippen LogP contribution in [-0.2, 0) is 0 Å². The third-order valence-corrected chi connectivity index (χ3v) is 5.77. The van der Waals surface area contributed by atoms with Crippen molar-refractivity contribution >= 4 is 21.5 Å². The van der Waals surface area contributed by atoms with E-state index in [-0.39, 0.29) is 6.04 Å². The number of halogens is 1. The fourth-order valence-electron chi connectivity index (χ4n) is 3.55. The van der Waals surface area contributed by atoms with Crippen LogP contribution < -0.4 is 5.73 Å². The fourth-order valence-corrected chi connectivity index (χ4v) is 3.95. The maximum Gasteiger partial charge on any atom is 0.0484 e. The van der Waals surface area contributed by atoms with E-state index in [2.05, 4.69) is 101 Å². The highest BCUT2D eigenvalue weighted by atomic mass is 79.9. The summed E-state index contributed by atoms with van der Waals surface area (Å²) in [4.78, 5) is 0. The molecule has 0 aromatic heterocycles. The molecule has 4 aromatic carbocycles. The predicted molar refractivity (Wildman–Crippen MR) is 137 cm³/mol. The molecule has 0 aliphatic heterocycles. The van der Waals surface area contributed by atoms with E-state index in [0.717, 1.165) is 26.7 Å². The van der Waals surface area contributed by atoms with E-state index in [9.17, 15) is 0 Å². The molecule has 2 N–H and O–H groups in total. The van der Waals surface area contributed by atoms with E-state index in [0.29, 0.717) is 0 Å². The number of nitrogens with two attached hydrogens (primary N) is 1. The van der Waals surface area contributed by atoms with Crippen LogP contribution in [0.4, 0.5) is 0 Å². The van der Waals surface area contributed by atoms with Gasteiger partial charge in [-0.15, -0.1) is 0 Å². The lowest BCUT2D eigenvalue weighted by Gasteiger charge is -2.11. The van der Waals surface area contributed by atoms with Crippen molar-refractivity contribution in [2.75, 3.05) is 0 Å². The number of hydrogen-bond acceptors (Lipinski definition) is 1. The first kappa shape index (κ1) is 21.0. The molecule has 0 aliphatic carbocycles. The van der Waals surface area contributed by atoms with Crippen LogP contribution in [0.3, 0.4) is 0 Å². The van der Waals surface area contributed by atoms with Gasteiger partial charge in [0.2, 0.25) is 0 Å². The highest BCUT2D eigenvalue weighted by Crippen LogP contribution is 2.29. The molecule has 1 atom stereocenters. The Hall–Kier alpha value is -3.20. The van der Waals surface area contributed by atoms with Gasteiger partial charge in [-0.3, -0.25) is 0 Å². The van der Waals surface area contributed by atoms with Crippen LogP contribution in [0.15, 0.2) is 126 Å². The molecule has 4 aromatic rings. The van der Waals surface area contributed by atoms with Gasteiger partial charge in [0.25, 0.3) is 0 Å². The Kier molecular flexibility index (Phi) is 6.61. The summed E-state index contributed by atoms with van der Waals surface area (Å²) in [5.74, 6) is 0. The first-order chi connectivity index (χ1) is 15.1. The Morgan fingerprint density at radius 3 is 1.97 bits per heavy atom. The highest BCUT2D eigenvalue weighted by molar-refractivity contribution is 9.10. The van der Waals surface area contributed by atoms with Crippen LogP contribution in [0.25, 0.3) is 27.8 Å². The van der Waals surface area contributed by atoms with Gasteiger partial charge in [0.1, 0.15) is 0 Å². The maximum atomic E-state index is 6.47. The van der Waals surface area contributed by atoms with Crippen LogP contribution in [0.1, 0.15) is 17.2 Å². The topological polar surface area (TPSA) is 26.0 Å². The van der Waals surface area contributed by atoms with Gasteiger partial charge in [-0.2, -0.15) is 0 Å². The van der Waals surface area contributed by atoms with Gasteiger partial charge in [0.05, 0.1) is 0 Å². The zero-order valence-electron chi connectivity index (χ0n) is 17.2. The number of allylic oxidation sites excluding steroid dienone is 2. The van der Waals surface area contributed by atoms with Gasteiger partial charge < -0.3 is 5.73 Å². The van der Waals surface area contributed by atoms with E-state index >= 15 is 0 Å². The number of benzene rings is 4. The van der Waals surface area contributed by atoms with Crippen molar-refractivity contribution in [2.45, 2.75) is 6.04 Å². The van der Waals surface area contributed by atoms with Crippen molar-refractivity contribution in [1.82, 2.24) is 0 Å². The molecule has 0 bridgehead atoms. The van der Waals surface area contributed by atoms with Crippen LogP contribution in [0, 0.1) is 0 Å². The monoisotopic (exact) mass is 465 g/mol. The SMILES string of the molecule is C=C(/C=C\C(N)c1cccc(-c2cccc(-c3cccc(Br)c3)c2)c1)c1ccccc1. The Balaban J connectivity index is 1.56. The van der Waals surface area contributed by atoms with E-state index < -0.39 is 0 Å². The van der Waals surface area contributed by atoms with Crippen LogP contribution in [0.2, 0.25) is 0 Å². The molecule has 0 spiro atoms. The average molecular weight is 466 g/mol. The van der Waals surface area contributed by atoms with Crippen LogP contribution in [-0.4, -0.2) is 0 Å². The predicted octanol–water partition coefficient (Wildman–Crippen LogP) is 8.05. The Morgan fingerprint density at radius 2 is 1.29 bits per heavy atom. The van der Waals surface area contributed by atoms with Crippen molar-refractivity contribution in [1.29, 1.82) is 0 Å². The maximum absolute atomic E-state index is 6.47. The standard InChI is InChI=1S/C29H24BrN/c1-21(22-8-3-2-4-9-22)16-17-29(31)27-14-6-12-25(19-27)23-10-5-11-24(18-23)26-13-7-15-28(30)20-26/h2-20,29H,1,31H2/b17-16-. The minimum Gasteiger partial charge on any atom is -0.321 e. The zero-order valence-corrected chi connectivity index (χ0v) is 18.8. The fraction of sp³-hybridized carbons (Fsp3) is 0.0345. The van der Waals surface area contributed by atoms with Crippen molar-refractivity contribution in [3.05, 3.63) is 137 Å². The second-order valence-corrected chi connectivity index (χ2v) is 8.41. The van der Waals surface area contributed by atoms with E-state index in [1.54, 1.807) is 0 Å². The Bertz CT molecular complexity index is 1220. The molecule has 2 heteroatoms. The molecule has 0 fully saturated rings. The summed E-state index contributed by atoms with van der Waals surface area (Å²) in [7, 11) is 0. The highest BCUT2D eigenvalue weighted by Gasteiger charge is 2.07. The summed E-state index contributed by atoms with van der Waals surface area (Å²) in [6.07, 6.45) is 4.01. The second-order valence-electron chi connectivity index (χ2n) is 7.49. The van der Waals surface area contributed by atoms with Crippen molar-refractivity contribution < 1.29 is 0 Å². The molecule has 1 unspecified atom stereocenters. The number of hydrogen-bond donors (Lipinski definition) is 1. The quantitative estimate of drug-likeness (QED) is 0.286. The van der Waals surface area contributed by atoms with Gasteiger partial charge in [0, 0.05) is 10.5 Å². The van der Waals surface area contributed by atoms with Crippen molar-refractivity contribution in [2.24, 2.45) is 5.73 Å². The Morgan fingerprint density at radius 1 is 0.710 bits per heavy atom. The minimum absolute atomic E-state index is 0.200. The molecule has 0 heterocycles. The van der Waals surface area contributed by atoms with Crippen LogP contribution >= 0.6 is 15.9 Å². The first-order valence-electron chi connectivity index (χ1n) is 10.2. The Labute approximate surface area is 192 Å². The lowest BCUT2D eigenvalue weighted by atomic mass is 9.96. The van der Waals surface area contributed by atoms with Gasteiger partial charge in [-0.1, -0.05) is 114 Å².